The van der Waals surface area contributed by atoms with Gasteiger partial charge in [0.2, 0.25) is 0 Å². The molecule has 0 bridgehead atoms. The van der Waals surface area contributed by atoms with E-state index in [-0.39, 0.29) is 5.56 Å². The summed E-state index contributed by atoms with van der Waals surface area (Å²) in [5.41, 5.74) is 2.82. The van der Waals surface area contributed by atoms with E-state index in [9.17, 15) is 21.6 Å². The average molecular weight is 255 g/mol. The second kappa shape index (κ2) is 3.63. The molecular formula is C8H8F3NO3S. The maximum Gasteiger partial charge on any atom is 0.418 e. The van der Waals surface area contributed by atoms with Gasteiger partial charge in [0.1, 0.15) is 4.90 Å². The van der Waals surface area contributed by atoms with Gasteiger partial charge in [0, 0.05) is 0 Å². The first-order valence-corrected chi connectivity index (χ1v) is 5.42. The molecule has 0 saturated heterocycles. The van der Waals surface area contributed by atoms with Crippen molar-refractivity contribution < 1.29 is 26.1 Å². The van der Waals surface area contributed by atoms with Gasteiger partial charge in [0.25, 0.3) is 10.1 Å². The van der Waals surface area contributed by atoms with Crippen molar-refractivity contribution in [2.24, 2.45) is 0 Å². The Hall–Kier alpha value is -1.28. The van der Waals surface area contributed by atoms with Crippen molar-refractivity contribution in [3.63, 3.8) is 0 Å². The van der Waals surface area contributed by atoms with Gasteiger partial charge in [0.15, 0.2) is 0 Å². The molecular weight excluding hydrogens is 247 g/mol. The summed E-state index contributed by atoms with van der Waals surface area (Å²) in [6, 6.07) is 1.59. The lowest BCUT2D eigenvalue weighted by atomic mass is 10.1. The number of hydrogen-bond donors (Lipinski definition) is 2. The minimum absolute atomic E-state index is 0.0363. The number of halogens is 3. The van der Waals surface area contributed by atoms with Gasteiger partial charge >= 0.3 is 6.18 Å². The largest absolute Gasteiger partial charge is 0.418 e. The van der Waals surface area contributed by atoms with Crippen LogP contribution in [0.15, 0.2) is 17.0 Å². The molecule has 0 aromatic heterocycles. The Morgan fingerprint density at radius 1 is 1.31 bits per heavy atom. The highest BCUT2D eigenvalue weighted by Crippen LogP contribution is 2.37. The van der Waals surface area contributed by atoms with E-state index in [0.717, 1.165) is 6.07 Å². The van der Waals surface area contributed by atoms with Crippen molar-refractivity contribution in [1.82, 2.24) is 0 Å². The lowest BCUT2D eigenvalue weighted by Crippen LogP contribution is -2.13. The van der Waals surface area contributed by atoms with E-state index in [1.165, 1.54) is 6.92 Å². The fraction of sp³-hybridized carbons (Fsp3) is 0.250. The Kier molecular flexibility index (Phi) is 2.90. The molecule has 3 N–H and O–H groups in total. The fourth-order valence-electron chi connectivity index (χ4n) is 1.21. The number of aryl methyl sites for hydroxylation is 1. The lowest BCUT2D eigenvalue weighted by Gasteiger charge is -2.13. The minimum Gasteiger partial charge on any atom is -0.397 e. The Morgan fingerprint density at radius 3 is 2.19 bits per heavy atom. The molecule has 0 heterocycles. The van der Waals surface area contributed by atoms with Crippen LogP contribution in [0.5, 0.6) is 0 Å². The van der Waals surface area contributed by atoms with Gasteiger partial charge in [-0.2, -0.15) is 21.6 Å². The molecule has 0 spiro atoms. The molecule has 0 aliphatic rings. The maximum absolute atomic E-state index is 12.4. The second-order valence-corrected chi connectivity index (χ2v) is 4.59. The molecule has 0 fully saturated rings. The van der Waals surface area contributed by atoms with E-state index in [0.29, 0.717) is 6.07 Å². The van der Waals surface area contributed by atoms with E-state index in [4.69, 9.17) is 10.3 Å². The maximum atomic E-state index is 12.4. The molecule has 0 radical (unpaired) electrons. The summed E-state index contributed by atoms with van der Waals surface area (Å²) in [5.74, 6) is 0. The molecule has 1 aromatic carbocycles. The van der Waals surface area contributed by atoms with E-state index >= 15 is 0 Å². The van der Waals surface area contributed by atoms with Gasteiger partial charge in [-0.3, -0.25) is 4.55 Å². The number of rotatable bonds is 1. The van der Waals surface area contributed by atoms with Gasteiger partial charge in [-0.05, 0) is 24.6 Å². The number of nitrogens with two attached hydrogens (primary N) is 1. The SMILES string of the molecule is Cc1cc(C(F)(F)F)c(N)c(S(=O)(=O)O)c1. The van der Waals surface area contributed by atoms with E-state index in [1.807, 2.05) is 0 Å². The molecule has 4 nitrogen and oxygen atoms in total. The smallest absolute Gasteiger partial charge is 0.397 e. The topological polar surface area (TPSA) is 80.4 Å². The number of hydrogen-bond acceptors (Lipinski definition) is 3. The first kappa shape index (κ1) is 12.8. The molecule has 0 atom stereocenters. The van der Waals surface area contributed by atoms with Crippen LogP contribution >= 0.6 is 0 Å². The Bertz CT molecular complexity index is 522. The van der Waals surface area contributed by atoms with Crippen LogP contribution in [-0.4, -0.2) is 13.0 Å². The zero-order chi connectivity index (χ0) is 12.7. The first-order chi connectivity index (χ1) is 7.03. The normalized spacial score (nSPS) is 12.8. The summed E-state index contributed by atoms with van der Waals surface area (Å²) in [5, 5.41) is 0. The van der Waals surface area contributed by atoms with Crippen molar-refractivity contribution in [3.8, 4) is 0 Å². The number of benzene rings is 1. The fourth-order valence-corrected chi connectivity index (χ4v) is 1.93. The molecule has 0 aliphatic carbocycles. The van der Waals surface area contributed by atoms with Gasteiger partial charge in [-0.1, -0.05) is 0 Å². The predicted molar refractivity (Wildman–Crippen MR) is 50.4 cm³/mol. The van der Waals surface area contributed by atoms with Crippen LogP contribution in [0, 0.1) is 6.92 Å². The highest BCUT2D eigenvalue weighted by molar-refractivity contribution is 7.86. The molecule has 1 rings (SSSR count). The Labute approximate surface area is 89.6 Å². The summed E-state index contributed by atoms with van der Waals surface area (Å²) in [6.45, 7) is 1.27. The van der Waals surface area contributed by atoms with Crippen molar-refractivity contribution in [3.05, 3.63) is 23.3 Å². The summed E-state index contributed by atoms with van der Waals surface area (Å²) in [7, 11) is -4.76. The van der Waals surface area contributed by atoms with Crippen LogP contribution in [0.2, 0.25) is 0 Å². The van der Waals surface area contributed by atoms with Crippen LogP contribution in [0.25, 0.3) is 0 Å². The number of alkyl halides is 3. The van der Waals surface area contributed by atoms with E-state index < -0.39 is 32.4 Å². The molecule has 0 saturated carbocycles. The Morgan fingerprint density at radius 2 is 1.81 bits per heavy atom. The third kappa shape index (κ3) is 2.45. The zero-order valence-electron chi connectivity index (χ0n) is 8.04. The monoisotopic (exact) mass is 255 g/mol. The van der Waals surface area contributed by atoms with Gasteiger partial charge in [-0.25, -0.2) is 0 Å². The first-order valence-electron chi connectivity index (χ1n) is 3.98. The molecule has 0 unspecified atom stereocenters. The highest BCUT2D eigenvalue weighted by atomic mass is 32.2. The van der Waals surface area contributed by atoms with Crippen LogP contribution in [0.1, 0.15) is 11.1 Å². The lowest BCUT2D eigenvalue weighted by molar-refractivity contribution is -0.137. The standard InChI is InChI=1S/C8H8F3NO3S/c1-4-2-5(8(9,10)11)7(12)6(3-4)16(13,14)15/h2-3H,12H2,1H3,(H,13,14,15). The zero-order valence-corrected chi connectivity index (χ0v) is 8.85. The molecule has 16 heavy (non-hydrogen) atoms. The van der Waals surface area contributed by atoms with Crippen molar-refractivity contribution >= 4 is 15.8 Å². The third-order valence-corrected chi connectivity index (χ3v) is 2.76. The van der Waals surface area contributed by atoms with E-state index in [1.54, 1.807) is 0 Å². The van der Waals surface area contributed by atoms with Crippen LogP contribution < -0.4 is 5.73 Å². The average Bonchev–Trinajstić information content (AvgIpc) is 2.04. The molecule has 8 heteroatoms. The summed E-state index contributed by atoms with van der Waals surface area (Å²) in [4.78, 5) is -0.931. The van der Waals surface area contributed by atoms with Crippen molar-refractivity contribution in [2.45, 2.75) is 18.0 Å². The predicted octanol–water partition coefficient (Wildman–Crippen LogP) is 1.84. The molecule has 90 valence electrons. The van der Waals surface area contributed by atoms with Gasteiger partial charge in [-0.15, -0.1) is 0 Å². The van der Waals surface area contributed by atoms with Gasteiger partial charge < -0.3 is 5.73 Å². The van der Waals surface area contributed by atoms with Crippen LogP contribution in [0.4, 0.5) is 18.9 Å². The Balaban J connectivity index is 3.64. The minimum atomic E-state index is -4.77. The highest BCUT2D eigenvalue weighted by Gasteiger charge is 2.35. The van der Waals surface area contributed by atoms with E-state index in [2.05, 4.69) is 0 Å². The van der Waals surface area contributed by atoms with Crippen molar-refractivity contribution in [2.75, 3.05) is 5.73 Å². The molecule has 0 aliphatic heterocycles. The third-order valence-electron chi connectivity index (χ3n) is 1.87. The molecule has 0 amide bonds. The summed E-state index contributed by atoms with van der Waals surface area (Å²) < 4.78 is 67.6. The second-order valence-electron chi connectivity index (χ2n) is 3.20. The van der Waals surface area contributed by atoms with Crippen LogP contribution in [-0.2, 0) is 16.3 Å². The molecule has 1 aromatic rings. The quantitative estimate of drug-likeness (QED) is 0.592. The number of anilines is 1. The number of nitrogen functional groups attached to an aromatic ring is 1. The summed E-state index contributed by atoms with van der Waals surface area (Å²) >= 11 is 0. The van der Waals surface area contributed by atoms with Crippen LogP contribution in [0.3, 0.4) is 0 Å². The summed E-state index contributed by atoms with van der Waals surface area (Å²) in [6.07, 6.45) is -4.77. The van der Waals surface area contributed by atoms with Crippen molar-refractivity contribution in [1.29, 1.82) is 0 Å². The van der Waals surface area contributed by atoms with Gasteiger partial charge in [0.05, 0.1) is 11.3 Å².